The molecular weight excluding hydrogens is 206 g/mol. The number of nitrogens with two attached hydrogens (primary N) is 1. The van der Waals surface area contributed by atoms with E-state index >= 15 is 0 Å². The predicted octanol–water partition coefficient (Wildman–Crippen LogP) is -0.299. The van der Waals surface area contributed by atoms with Gasteiger partial charge in [0.05, 0.1) is 5.56 Å². The molecule has 0 spiro atoms. The highest BCUT2D eigenvalue weighted by Gasteiger charge is 2.11. The molecule has 0 aromatic heterocycles. The predicted molar refractivity (Wildman–Crippen MR) is 50.6 cm³/mol. The Labute approximate surface area is 81.3 Å². The van der Waals surface area contributed by atoms with E-state index in [1.165, 1.54) is 24.3 Å². The van der Waals surface area contributed by atoms with E-state index < -0.39 is 21.3 Å². The van der Waals surface area contributed by atoms with Crippen LogP contribution in [-0.4, -0.2) is 24.5 Å². The molecule has 0 aliphatic heterocycles. The van der Waals surface area contributed by atoms with Crippen molar-refractivity contribution < 1.29 is 18.3 Å². The quantitative estimate of drug-likeness (QED) is 0.657. The lowest BCUT2D eigenvalue weighted by molar-refractivity contribution is 0.0696. The van der Waals surface area contributed by atoms with Gasteiger partial charge in [0, 0.05) is 5.56 Å². The van der Waals surface area contributed by atoms with Gasteiger partial charge in [0.2, 0.25) is 10.3 Å². The fraction of sp³-hybridized carbons (Fsp3) is 0. The number of benzene rings is 1. The topological polar surface area (TPSA) is 97.5 Å². The second-order valence-corrected chi connectivity index (χ2v) is 3.36. The summed E-state index contributed by atoms with van der Waals surface area (Å²) in [4.78, 5) is 10.2. The molecule has 0 aliphatic rings. The summed E-state index contributed by atoms with van der Waals surface area (Å²) >= 11 is 0. The average molecular weight is 213 g/mol. The highest BCUT2D eigenvalue weighted by atomic mass is 32.2. The number of rotatable bonds is 2. The van der Waals surface area contributed by atoms with E-state index in [4.69, 9.17) is 10.8 Å². The fourth-order valence-corrected chi connectivity index (χ4v) is 1.33. The third-order valence-electron chi connectivity index (χ3n) is 1.60. The first kappa shape index (κ1) is 10.4. The summed E-state index contributed by atoms with van der Waals surface area (Å²) in [6.45, 7) is 0. The van der Waals surface area contributed by atoms with Gasteiger partial charge >= 0.3 is 5.97 Å². The molecule has 0 aliphatic carbocycles. The van der Waals surface area contributed by atoms with Crippen LogP contribution in [0.1, 0.15) is 15.9 Å². The van der Waals surface area contributed by atoms with Crippen LogP contribution in [0.3, 0.4) is 0 Å². The van der Waals surface area contributed by atoms with E-state index in [9.17, 15) is 13.2 Å². The number of hydrogen-bond acceptors (Lipinski definition) is 3. The van der Waals surface area contributed by atoms with Gasteiger partial charge in [0.1, 0.15) is 4.99 Å². The highest BCUT2D eigenvalue weighted by molar-refractivity contribution is 7.73. The number of aromatic carboxylic acids is 1. The van der Waals surface area contributed by atoms with E-state index in [-0.39, 0.29) is 11.1 Å². The minimum atomic E-state index is -2.61. The molecule has 0 fully saturated rings. The van der Waals surface area contributed by atoms with Gasteiger partial charge in [-0.15, -0.1) is 0 Å². The molecule has 0 saturated carbocycles. The van der Waals surface area contributed by atoms with Gasteiger partial charge in [-0.05, 0) is 6.07 Å². The van der Waals surface area contributed by atoms with Crippen LogP contribution in [0, 0.1) is 0 Å². The third kappa shape index (κ3) is 1.98. The van der Waals surface area contributed by atoms with Crippen molar-refractivity contribution in [3.05, 3.63) is 35.4 Å². The Hall–Kier alpha value is -1.66. The smallest absolute Gasteiger partial charge is 0.336 e. The molecule has 14 heavy (non-hydrogen) atoms. The summed E-state index contributed by atoms with van der Waals surface area (Å²) in [5, 5.41) is 8.73. The Morgan fingerprint density at radius 1 is 1.21 bits per heavy atom. The molecule has 0 saturated heterocycles. The molecular formula is C8H7NO4S. The third-order valence-corrected chi connectivity index (χ3v) is 2.18. The summed E-state index contributed by atoms with van der Waals surface area (Å²) in [5.41, 5.74) is 5.09. The van der Waals surface area contributed by atoms with Crippen molar-refractivity contribution in [3.8, 4) is 0 Å². The van der Waals surface area contributed by atoms with Gasteiger partial charge in [-0.1, -0.05) is 18.2 Å². The van der Waals surface area contributed by atoms with Gasteiger partial charge in [-0.2, -0.15) is 8.42 Å². The number of carbonyl (C=O) groups is 1. The zero-order valence-electron chi connectivity index (χ0n) is 6.97. The Bertz CT molecular complexity index is 496. The average Bonchev–Trinajstić information content (AvgIpc) is 2.16. The Morgan fingerprint density at radius 3 is 2.14 bits per heavy atom. The van der Waals surface area contributed by atoms with Crippen LogP contribution in [0.25, 0.3) is 0 Å². The van der Waals surface area contributed by atoms with Gasteiger partial charge in [0.15, 0.2) is 0 Å². The number of carboxylic acid groups (broad SMARTS) is 1. The van der Waals surface area contributed by atoms with E-state index in [0.717, 1.165) is 0 Å². The molecule has 0 bridgehead atoms. The van der Waals surface area contributed by atoms with Crippen molar-refractivity contribution in [1.82, 2.24) is 0 Å². The first-order chi connectivity index (χ1) is 6.54. The second-order valence-electron chi connectivity index (χ2n) is 2.45. The first-order valence-electron chi connectivity index (χ1n) is 3.58. The van der Waals surface area contributed by atoms with E-state index in [1.807, 2.05) is 0 Å². The van der Waals surface area contributed by atoms with Crippen molar-refractivity contribution in [2.45, 2.75) is 0 Å². The molecule has 0 heterocycles. The number of carboxylic acids is 1. The van der Waals surface area contributed by atoms with Gasteiger partial charge in [-0.25, -0.2) is 4.79 Å². The van der Waals surface area contributed by atoms with Crippen LogP contribution in [-0.2, 0) is 10.3 Å². The maximum absolute atomic E-state index is 10.7. The molecule has 0 unspecified atom stereocenters. The van der Waals surface area contributed by atoms with Crippen LogP contribution in [0.4, 0.5) is 0 Å². The molecule has 5 nitrogen and oxygen atoms in total. The Balaban J connectivity index is 3.50. The van der Waals surface area contributed by atoms with Gasteiger partial charge in [0.25, 0.3) is 0 Å². The number of hydrogen-bond donors (Lipinski definition) is 2. The zero-order chi connectivity index (χ0) is 10.7. The minimum Gasteiger partial charge on any atom is -0.478 e. The molecule has 0 atom stereocenters. The highest BCUT2D eigenvalue weighted by Crippen LogP contribution is 2.07. The zero-order valence-corrected chi connectivity index (χ0v) is 7.78. The fourth-order valence-electron chi connectivity index (χ4n) is 0.974. The van der Waals surface area contributed by atoms with Crippen LogP contribution in [0.5, 0.6) is 0 Å². The lowest BCUT2D eigenvalue weighted by atomic mass is 10.1. The van der Waals surface area contributed by atoms with E-state index in [0.29, 0.717) is 0 Å². The van der Waals surface area contributed by atoms with Crippen LogP contribution < -0.4 is 5.73 Å². The molecule has 74 valence electrons. The van der Waals surface area contributed by atoms with Crippen LogP contribution in [0.15, 0.2) is 24.3 Å². The minimum absolute atomic E-state index is 0.00772. The monoisotopic (exact) mass is 213 g/mol. The normalized spacial score (nSPS) is 9.50. The molecule has 0 radical (unpaired) electrons. The molecule has 1 rings (SSSR count). The molecule has 6 heteroatoms. The van der Waals surface area contributed by atoms with E-state index in [1.54, 1.807) is 0 Å². The summed E-state index contributed by atoms with van der Waals surface area (Å²) in [6, 6.07) is 5.64. The van der Waals surface area contributed by atoms with Gasteiger partial charge < -0.3 is 5.11 Å². The lowest BCUT2D eigenvalue weighted by Crippen LogP contribution is -2.18. The molecule has 3 N–H and O–H groups in total. The summed E-state index contributed by atoms with van der Waals surface area (Å²) < 4.78 is 21.0. The Morgan fingerprint density at radius 2 is 1.71 bits per heavy atom. The van der Waals surface area contributed by atoms with Crippen molar-refractivity contribution in [1.29, 1.82) is 0 Å². The lowest BCUT2D eigenvalue weighted by Gasteiger charge is -2.01. The van der Waals surface area contributed by atoms with E-state index in [2.05, 4.69) is 0 Å². The summed E-state index contributed by atoms with van der Waals surface area (Å²) in [7, 11) is -2.61. The summed E-state index contributed by atoms with van der Waals surface area (Å²) in [6.07, 6.45) is 0. The van der Waals surface area contributed by atoms with Crippen molar-refractivity contribution in [3.63, 3.8) is 0 Å². The molecule has 0 amide bonds. The largest absolute Gasteiger partial charge is 0.478 e. The molecule has 1 aromatic carbocycles. The first-order valence-corrected chi connectivity index (χ1v) is 4.66. The second kappa shape index (κ2) is 4.03. The van der Waals surface area contributed by atoms with Crippen molar-refractivity contribution in [2.75, 3.05) is 0 Å². The maximum atomic E-state index is 10.7. The SMILES string of the molecule is NC(c1ccccc1C(=O)O)=S(=O)=O. The van der Waals surface area contributed by atoms with Crippen molar-refractivity contribution in [2.24, 2.45) is 5.73 Å². The Kier molecular flexibility index (Phi) is 3.00. The van der Waals surface area contributed by atoms with Crippen molar-refractivity contribution >= 4 is 21.3 Å². The van der Waals surface area contributed by atoms with Gasteiger partial charge in [-0.3, -0.25) is 5.73 Å². The molecule has 1 aromatic rings. The maximum Gasteiger partial charge on any atom is 0.336 e. The van der Waals surface area contributed by atoms with Crippen LogP contribution >= 0.6 is 0 Å². The summed E-state index contributed by atoms with van der Waals surface area (Å²) in [5.74, 6) is -1.21. The van der Waals surface area contributed by atoms with Crippen LogP contribution in [0.2, 0.25) is 0 Å². The standard InChI is InChI=1S/C8H7NO4S/c9-7(14(12)13)5-3-1-2-4-6(5)8(10)11/h1-4H,9H2,(H,10,11).